The van der Waals surface area contributed by atoms with Crippen LogP contribution in [0.25, 0.3) is 10.9 Å². The molecule has 0 saturated heterocycles. The Morgan fingerprint density at radius 1 is 1.10 bits per heavy atom. The minimum atomic E-state index is -1.25. The van der Waals surface area contributed by atoms with E-state index in [-0.39, 0.29) is 35.0 Å². The number of nitro groups is 1. The van der Waals surface area contributed by atoms with E-state index in [0.29, 0.717) is 11.3 Å². The largest absolute Gasteiger partial charge is 0.497 e. The van der Waals surface area contributed by atoms with E-state index in [1.54, 1.807) is 37.4 Å². The minimum Gasteiger partial charge on any atom is -0.497 e. The number of hydrogen-bond acceptors (Lipinski definition) is 7. The van der Waals surface area contributed by atoms with Crippen molar-refractivity contribution >= 4 is 28.4 Å². The number of methoxy groups -OCH3 is 1. The highest BCUT2D eigenvalue weighted by Crippen LogP contribution is 2.41. The lowest BCUT2D eigenvalue weighted by Gasteiger charge is -2.36. The van der Waals surface area contributed by atoms with E-state index in [9.17, 15) is 19.7 Å². The van der Waals surface area contributed by atoms with Crippen molar-refractivity contribution in [2.24, 2.45) is 0 Å². The Morgan fingerprint density at radius 3 is 2.49 bits per heavy atom. The van der Waals surface area contributed by atoms with Crippen molar-refractivity contribution < 1.29 is 24.0 Å². The van der Waals surface area contributed by atoms with E-state index < -0.39 is 28.3 Å². The number of aryl methyl sites for hydroxylation is 1. The molecule has 10 heteroatoms. The maximum atomic E-state index is 14.4. The molecule has 2 heterocycles. The third-order valence-electron chi connectivity index (χ3n) is 6.71. The molecule has 210 valence electrons. The van der Waals surface area contributed by atoms with Gasteiger partial charge in [-0.15, -0.1) is 0 Å². The van der Waals surface area contributed by atoms with Gasteiger partial charge in [0.05, 0.1) is 17.5 Å². The van der Waals surface area contributed by atoms with Gasteiger partial charge in [0.1, 0.15) is 23.1 Å². The molecule has 10 nitrogen and oxygen atoms in total. The predicted molar refractivity (Wildman–Crippen MR) is 153 cm³/mol. The number of fused-ring (bicyclic) bond motifs is 3. The second-order valence-corrected chi connectivity index (χ2v) is 11.0. The molecule has 3 aromatic carbocycles. The van der Waals surface area contributed by atoms with Gasteiger partial charge < -0.3 is 19.7 Å². The number of carbonyl (C=O) groups excluding carboxylic acids is 2. The van der Waals surface area contributed by atoms with Crippen LogP contribution in [0.1, 0.15) is 53.9 Å². The fourth-order valence-electron chi connectivity index (χ4n) is 4.80. The number of amides is 2. The van der Waals surface area contributed by atoms with E-state index in [0.717, 1.165) is 16.5 Å². The number of nitrogens with zero attached hydrogens (tertiary/aromatic N) is 3. The second kappa shape index (κ2) is 10.5. The number of benzene rings is 3. The minimum absolute atomic E-state index is 0.0264. The highest BCUT2D eigenvalue weighted by atomic mass is 16.6. The second-order valence-electron chi connectivity index (χ2n) is 11.0. The smallest absolute Gasteiger partial charge is 0.270 e. The molecular weight excluding hydrogens is 524 g/mol. The molecule has 41 heavy (non-hydrogen) atoms. The molecule has 1 aliphatic heterocycles. The maximum Gasteiger partial charge on any atom is 0.270 e. The Balaban J connectivity index is 1.76. The number of nitro benzene ring substituents is 1. The Hall–Kier alpha value is -4.99. The van der Waals surface area contributed by atoms with Crippen LogP contribution in [0.3, 0.4) is 0 Å². The highest BCUT2D eigenvalue weighted by Gasteiger charge is 2.40. The summed E-state index contributed by atoms with van der Waals surface area (Å²) in [6, 6.07) is 17.3. The van der Waals surface area contributed by atoms with Crippen LogP contribution in [-0.2, 0) is 11.3 Å². The number of aromatic nitrogens is 1. The molecular formula is C31H30N4O6. The monoisotopic (exact) mass is 554 g/mol. The van der Waals surface area contributed by atoms with Crippen molar-refractivity contribution in [3.8, 4) is 17.4 Å². The molecule has 1 unspecified atom stereocenters. The first-order valence-corrected chi connectivity index (χ1v) is 13.1. The Kier molecular flexibility index (Phi) is 7.08. The van der Waals surface area contributed by atoms with Crippen LogP contribution in [0.4, 0.5) is 5.69 Å². The molecule has 1 aromatic heterocycles. The van der Waals surface area contributed by atoms with Gasteiger partial charge >= 0.3 is 0 Å². The molecule has 1 atom stereocenters. The summed E-state index contributed by atoms with van der Waals surface area (Å²) in [6.07, 6.45) is 0. The van der Waals surface area contributed by atoms with Crippen LogP contribution in [0.2, 0.25) is 0 Å². The molecule has 0 aliphatic carbocycles. The van der Waals surface area contributed by atoms with Crippen LogP contribution in [0.5, 0.6) is 17.4 Å². The van der Waals surface area contributed by atoms with E-state index >= 15 is 0 Å². The SMILES string of the molecule is COc1ccc(CN2C(=O)c3cc4ccc(C)cc4nc3Oc3ccc([N+](=O)[O-])cc3C2C(=O)NC(C)(C)C)cc1. The standard InChI is InChI=1S/C31H30N4O6/c1-18-6-9-20-15-24-29(32-25(20)14-18)41-26-13-10-21(35(38)39)16-23(26)27(28(36)33-31(2,3)4)34(30(24)37)17-19-7-11-22(40-5)12-8-19/h6-16,27H,17H2,1-5H3,(H,33,36). The van der Waals surface area contributed by atoms with E-state index in [2.05, 4.69) is 10.3 Å². The highest BCUT2D eigenvalue weighted by molar-refractivity contribution is 6.03. The number of hydrogen-bond donors (Lipinski definition) is 1. The molecule has 0 saturated carbocycles. The lowest BCUT2D eigenvalue weighted by atomic mass is 9.97. The first kappa shape index (κ1) is 27.6. The number of ether oxygens (including phenoxy) is 2. The summed E-state index contributed by atoms with van der Waals surface area (Å²) in [5.41, 5.74) is 1.81. The van der Waals surface area contributed by atoms with E-state index in [4.69, 9.17) is 9.47 Å². The molecule has 4 aromatic rings. The fourth-order valence-corrected chi connectivity index (χ4v) is 4.80. The average molecular weight is 555 g/mol. The van der Waals surface area contributed by atoms with E-state index in [1.165, 1.54) is 23.1 Å². The maximum absolute atomic E-state index is 14.4. The van der Waals surface area contributed by atoms with Crippen molar-refractivity contribution in [1.82, 2.24) is 15.2 Å². The lowest BCUT2D eigenvalue weighted by Crippen LogP contribution is -2.49. The van der Waals surface area contributed by atoms with Gasteiger partial charge in [-0.3, -0.25) is 19.7 Å². The van der Waals surface area contributed by atoms with Gasteiger partial charge in [0.25, 0.3) is 11.6 Å². The Morgan fingerprint density at radius 2 is 1.83 bits per heavy atom. The number of rotatable bonds is 5. The van der Waals surface area contributed by atoms with Crippen LogP contribution in [0, 0.1) is 17.0 Å². The zero-order valence-corrected chi connectivity index (χ0v) is 23.4. The Bertz CT molecular complexity index is 1680. The zero-order chi connectivity index (χ0) is 29.5. The van der Waals surface area contributed by atoms with Crippen molar-refractivity contribution in [2.75, 3.05) is 7.11 Å². The van der Waals surface area contributed by atoms with Crippen LogP contribution in [-0.4, -0.2) is 39.3 Å². The summed E-state index contributed by atoms with van der Waals surface area (Å²) in [5, 5.41) is 15.5. The Labute approximate surface area is 237 Å². The van der Waals surface area contributed by atoms with Gasteiger partial charge in [0.2, 0.25) is 11.8 Å². The topological polar surface area (TPSA) is 124 Å². The summed E-state index contributed by atoms with van der Waals surface area (Å²) in [6.45, 7) is 7.43. The fraction of sp³-hybridized carbons (Fsp3) is 0.258. The third-order valence-corrected chi connectivity index (χ3v) is 6.71. The molecule has 0 fully saturated rings. The first-order chi connectivity index (χ1) is 19.4. The van der Waals surface area contributed by atoms with Crippen molar-refractivity contribution in [2.45, 2.75) is 45.8 Å². The average Bonchev–Trinajstić information content (AvgIpc) is 2.91. The van der Waals surface area contributed by atoms with Crippen LogP contribution in [0.15, 0.2) is 66.7 Å². The van der Waals surface area contributed by atoms with Crippen molar-refractivity contribution in [3.05, 3.63) is 99.1 Å². The molecule has 0 bridgehead atoms. The van der Waals surface area contributed by atoms with Gasteiger partial charge in [0.15, 0.2) is 0 Å². The van der Waals surface area contributed by atoms with Gasteiger partial charge in [-0.2, -0.15) is 0 Å². The number of pyridine rings is 1. The molecule has 5 rings (SSSR count). The molecule has 0 spiro atoms. The number of carbonyl (C=O) groups is 2. The van der Waals surface area contributed by atoms with Gasteiger partial charge in [-0.1, -0.05) is 24.3 Å². The predicted octanol–water partition coefficient (Wildman–Crippen LogP) is 5.86. The summed E-state index contributed by atoms with van der Waals surface area (Å²) < 4.78 is 11.5. The molecule has 2 amide bonds. The molecule has 1 N–H and O–H groups in total. The summed E-state index contributed by atoms with van der Waals surface area (Å²) >= 11 is 0. The first-order valence-electron chi connectivity index (χ1n) is 13.1. The van der Waals surface area contributed by atoms with Crippen LogP contribution < -0.4 is 14.8 Å². The number of nitrogens with one attached hydrogen (secondary N) is 1. The summed E-state index contributed by atoms with van der Waals surface area (Å²) in [7, 11) is 1.56. The van der Waals surface area contributed by atoms with Gasteiger partial charge in [-0.25, -0.2) is 4.98 Å². The molecule has 0 radical (unpaired) electrons. The van der Waals surface area contributed by atoms with E-state index in [1.807, 2.05) is 45.9 Å². The van der Waals surface area contributed by atoms with Crippen LogP contribution >= 0.6 is 0 Å². The summed E-state index contributed by atoms with van der Waals surface area (Å²) in [5.74, 6) is -0.120. The molecule has 1 aliphatic rings. The van der Waals surface area contributed by atoms with Crippen molar-refractivity contribution in [3.63, 3.8) is 0 Å². The van der Waals surface area contributed by atoms with Gasteiger partial charge in [-0.05, 0) is 69.2 Å². The number of non-ortho nitro benzene ring substituents is 1. The third kappa shape index (κ3) is 5.67. The van der Waals surface area contributed by atoms with Gasteiger partial charge in [0, 0.05) is 35.2 Å². The normalized spacial score (nSPS) is 14.8. The summed E-state index contributed by atoms with van der Waals surface area (Å²) in [4.78, 5) is 45.7. The zero-order valence-electron chi connectivity index (χ0n) is 23.4. The lowest BCUT2D eigenvalue weighted by molar-refractivity contribution is -0.385. The quantitative estimate of drug-likeness (QED) is 0.242. The van der Waals surface area contributed by atoms with Crippen molar-refractivity contribution in [1.29, 1.82) is 0 Å².